The van der Waals surface area contributed by atoms with Crippen molar-refractivity contribution in [1.82, 2.24) is 10.6 Å². The summed E-state index contributed by atoms with van der Waals surface area (Å²) >= 11 is 0. The second kappa shape index (κ2) is 8.15. The summed E-state index contributed by atoms with van der Waals surface area (Å²) in [6.07, 6.45) is 2.40. The Labute approximate surface area is 149 Å². The summed E-state index contributed by atoms with van der Waals surface area (Å²) in [6.45, 7) is 10.4. The SMILES string of the molecule is CCNC(=NCC1(c2ccccc2)CC1)NCCS(=O)C(C)(C)C. The molecule has 0 aromatic heterocycles. The highest BCUT2D eigenvalue weighted by Gasteiger charge is 2.43. The number of nitrogens with zero attached hydrogens (tertiary/aromatic N) is 1. The fourth-order valence-corrected chi connectivity index (χ4v) is 3.52. The van der Waals surface area contributed by atoms with Crippen LogP contribution in [-0.4, -0.2) is 40.3 Å². The first-order chi connectivity index (χ1) is 11.4. The van der Waals surface area contributed by atoms with Crippen molar-refractivity contribution in [2.75, 3.05) is 25.4 Å². The van der Waals surface area contributed by atoms with Crippen LogP contribution in [0.1, 0.15) is 46.1 Å². The summed E-state index contributed by atoms with van der Waals surface area (Å²) in [5.74, 6) is 1.46. The third-order valence-electron chi connectivity index (χ3n) is 4.39. The van der Waals surface area contributed by atoms with Gasteiger partial charge in [0.2, 0.25) is 0 Å². The average Bonchev–Trinajstić information content (AvgIpc) is 3.33. The van der Waals surface area contributed by atoms with Crippen molar-refractivity contribution >= 4 is 16.8 Å². The molecule has 0 amide bonds. The number of aliphatic imine (C=N–C) groups is 1. The van der Waals surface area contributed by atoms with Crippen molar-refractivity contribution in [3.05, 3.63) is 35.9 Å². The first kappa shape index (κ1) is 19.0. The summed E-state index contributed by atoms with van der Waals surface area (Å²) in [5, 5.41) is 6.61. The van der Waals surface area contributed by atoms with Crippen LogP contribution < -0.4 is 10.6 Å². The summed E-state index contributed by atoms with van der Waals surface area (Å²) in [7, 11) is -0.841. The molecule has 1 aromatic carbocycles. The molecular weight excluding hydrogens is 318 g/mol. The Balaban J connectivity index is 1.91. The number of rotatable bonds is 7. The van der Waals surface area contributed by atoms with E-state index in [1.807, 2.05) is 20.8 Å². The van der Waals surface area contributed by atoms with E-state index in [2.05, 4.69) is 47.9 Å². The van der Waals surface area contributed by atoms with Gasteiger partial charge in [0, 0.05) is 39.8 Å². The maximum Gasteiger partial charge on any atom is 0.191 e. The molecule has 5 heteroatoms. The van der Waals surface area contributed by atoms with E-state index in [4.69, 9.17) is 4.99 Å². The standard InChI is InChI=1S/C19H31N3OS/c1-5-20-17(21-13-14-24(23)18(2,3)4)22-15-19(11-12-19)16-9-7-6-8-10-16/h6-10H,5,11-15H2,1-4H3,(H2,20,21,22). The van der Waals surface area contributed by atoms with Crippen molar-refractivity contribution in [3.63, 3.8) is 0 Å². The monoisotopic (exact) mass is 349 g/mol. The van der Waals surface area contributed by atoms with Crippen LogP contribution in [0, 0.1) is 0 Å². The highest BCUT2D eigenvalue weighted by molar-refractivity contribution is 7.86. The Morgan fingerprint density at radius 2 is 1.88 bits per heavy atom. The van der Waals surface area contributed by atoms with E-state index in [9.17, 15) is 4.21 Å². The smallest absolute Gasteiger partial charge is 0.191 e. The third kappa shape index (κ3) is 5.33. The molecule has 134 valence electrons. The van der Waals surface area contributed by atoms with E-state index < -0.39 is 10.8 Å². The summed E-state index contributed by atoms with van der Waals surface area (Å²) in [4.78, 5) is 4.78. The van der Waals surface area contributed by atoms with Gasteiger partial charge in [0.25, 0.3) is 0 Å². The normalized spacial score (nSPS) is 18.1. The van der Waals surface area contributed by atoms with Gasteiger partial charge < -0.3 is 10.6 Å². The van der Waals surface area contributed by atoms with E-state index in [1.165, 1.54) is 18.4 Å². The topological polar surface area (TPSA) is 53.5 Å². The lowest BCUT2D eigenvalue weighted by molar-refractivity contribution is 0.646. The second-order valence-electron chi connectivity index (χ2n) is 7.43. The summed E-state index contributed by atoms with van der Waals surface area (Å²) in [6, 6.07) is 10.7. The maximum atomic E-state index is 12.1. The Hall–Kier alpha value is -1.36. The zero-order valence-corrected chi connectivity index (χ0v) is 16.2. The molecule has 0 spiro atoms. The highest BCUT2D eigenvalue weighted by Crippen LogP contribution is 2.48. The molecule has 1 unspecified atom stereocenters. The predicted octanol–water partition coefficient (Wildman–Crippen LogP) is 2.82. The Kier molecular flexibility index (Phi) is 6.44. The van der Waals surface area contributed by atoms with E-state index in [1.54, 1.807) is 0 Å². The first-order valence-corrected chi connectivity index (χ1v) is 10.2. The molecule has 1 aliphatic carbocycles. The first-order valence-electron chi connectivity index (χ1n) is 8.83. The van der Waals surface area contributed by atoms with Gasteiger partial charge in [0.05, 0.1) is 6.54 Å². The van der Waals surface area contributed by atoms with Gasteiger partial charge in [-0.3, -0.25) is 9.20 Å². The molecule has 2 N–H and O–H groups in total. The molecule has 1 saturated carbocycles. The molecule has 1 aromatic rings. The average molecular weight is 350 g/mol. The fourth-order valence-electron chi connectivity index (χ4n) is 2.62. The number of nitrogens with one attached hydrogen (secondary N) is 2. The zero-order chi connectivity index (χ0) is 17.6. The molecule has 1 atom stereocenters. The van der Waals surface area contributed by atoms with Gasteiger partial charge in [0.15, 0.2) is 5.96 Å². The van der Waals surface area contributed by atoms with Gasteiger partial charge in [-0.25, -0.2) is 0 Å². The van der Waals surface area contributed by atoms with Gasteiger partial charge in [0.1, 0.15) is 0 Å². The van der Waals surface area contributed by atoms with Crippen molar-refractivity contribution in [3.8, 4) is 0 Å². The Morgan fingerprint density at radius 1 is 1.21 bits per heavy atom. The van der Waals surface area contributed by atoms with E-state index >= 15 is 0 Å². The Bertz CT molecular complexity index is 574. The van der Waals surface area contributed by atoms with Crippen molar-refractivity contribution in [1.29, 1.82) is 0 Å². The van der Waals surface area contributed by atoms with E-state index in [0.29, 0.717) is 12.3 Å². The van der Waals surface area contributed by atoms with E-state index in [0.717, 1.165) is 19.0 Å². The van der Waals surface area contributed by atoms with Crippen LogP contribution in [0.25, 0.3) is 0 Å². The number of benzene rings is 1. The van der Waals surface area contributed by atoms with Crippen LogP contribution in [0.4, 0.5) is 0 Å². The molecule has 0 radical (unpaired) electrons. The highest BCUT2D eigenvalue weighted by atomic mass is 32.2. The molecule has 1 aliphatic rings. The number of hydrogen-bond acceptors (Lipinski definition) is 2. The van der Waals surface area contributed by atoms with Gasteiger partial charge in [-0.2, -0.15) is 0 Å². The van der Waals surface area contributed by atoms with Crippen LogP contribution in [0.5, 0.6) is 0 Å². The lowest BCUT2D eigenvalue weighted by atomic mass is 9.96. The van der Waals surface area contributed by atoms with Crippen molar-refractivity contribution in [2.45, 2.75) is 50.7 Å². The predicted molar refractivity (Wildman–Crippen MR) is 104 cm³/mol. The largest absolute Gasteiger partial charge is 0.357 e. The van der Waals surface area contributed by atoms with Crippen LogP contribution >= 0.6 is 0 Å². The molecular formula is C19H31N3OS. The fraction of sp³-hybridized carbons (Fsp3) is 0.632. The molecule has 0 heterocycles. The van der Waals surface area contributed by atoms with Gasteiger partial charge in [-0.05, 0) is 46.1 Å². The molecule has 24 heavy (non-hydrogen) atoms. The number of guanidine groups is 1. The summed E-state index contributed by atoms with van der Waals surface area (Å²) < 4.78 is 12.0. The minimum atomic E-state index is -0.841. The van der Waals surface area contributed by atoms with Crippen LogP contribution in [0.15, 0.2) is 35.3 Å². The van der Waals surface area contributed by atoms with Crippen molar-refractivity contribution < 1.29 is 4.21 Å². The van der Waals surface area contributed by atoms with Gasteiger partial charge in [-0.15, -0.1) is 0 Å². The second-order valence-corrected chi connectivity index (χ2v) is 9.75. The summed E-state index contributed by atoms with van der Waals surface area (Å²) in [5.41, 5.74) is 1.61. The molecule has 0 bridgehead atoms. The van der Waals surface area contributed by atoms with Crippen LogP contribution in [0.2, 0.25) is 0 Å². The van der Waals surface area contributed by atoms with Gasteiger partial charge >= 0.3 is 0 Å². The minimum Gasteiger partial charge on any atom is -0.357 e. The third-order valence-corrected chi connectivity index (χ3v) is 6.33. The molecule has 1 fully saturated rings. The maximum absolute atomic E-state index is 12.1. The molecule has 0 aliphatic heterocycles. The number of hydrogen-bond donors (Lipinski definition) is 2. The van der Waals surface area contributed by atoms with Crippen molar-refractivity contribution in [2.24, 2.45) is 4.99 Å². The lowest BCUT2D eigenvalue weighted by Gasteiger charge is -2.19. The zero-order valence-electron chi connectivity index (χ0n) is 15.4. The van der Waals surface area contributed by atoms with Gasteiger partial charge in [-0.1, -0.05) is 30.3 Å². The van der Waals surface area contributed by atoms with Crippen LogP contribution in [0.3, 0.4) is 0 Å². The molecule has 2 rings (SSSR count). The van der Waals surface area contributed by atoms with E-state index in [-0.39, 0.29) is 10.2 Å². The molecule has 0 saturated heterocycles. The minimum absolute atomic E-state index is 0.164. The van der Waals surface area contributed by atoms with Crippen LogP contribution in [-0.2, 0) is 16.2 Å². The quantitative estimate of drug-likeness (QED) is 0.588. The Morgan fingerprint density at radius 3 is 2.42 bits per heavy atom. The molecule has 4 nitrogen and oxygen atoms in total. The lowest BCUT2D eigenvalue weighted by Crippen LogP contribution is -2.40.